The Morgan fingerprint density at radius 2 is 1.90 bits per heavy atom. The summed E-state index contributed by atoms with van der Waals surface area (Å²) in [6.07, 6.45) is 0.693. The molecule has 2 aromatic rings. The minimum atomic E-state index is -2.95. The number of nitrogens with zero attached hydrogens (tertiary/aromatic N) is 1. The lowest BCUT2D eigenvalue weighted by molar-refractivity contribution is -0.0520. The SMILES string of the molecule is CCNC(=NCc1cccc(OCC)c1OC(F)F)NCCc1cccc(O)c1.I. The van der Waals surface area contributed by atoms with E-state index in [-0.39, 0.29) is 47.8 Å². The number of ether oxygens (including phenoxy) is 2. The summed E-state index contributed by atoms with van der Waals surface area (Å²) in [6.45, 7) is 2.49. The van der Waals surface area contributed by atoms with Crippen LogP contribution in [0.1, 0.15) is 25.0 Å². The van der Waals surface area contributed by atoms with Crippen LogP contribution in [0.5, 0.6) is 17.2 Å². The minimum Gasteiger partial charge on any atom is -0.508 e. The van der Waals surface area contributed by atoms with Gasteiger partial charge in [-0.25, -0.2) is 4.99 Å². The van der Waals surface area contributed by atoms with Gasteiger partial charge < -0.3 is 25.2 Å². The molecule has 0 radical (unpaired) electrons. The van der Waals surface area contributed by atoms with E-state index in [1.54, 1.807) is 43.3 Å². The number of halogens is 3. The summed E-state index contributed by atoms with van der Waals surface area (Å²) in [5.74, 6) is 1.05. The normalized spacial score (nSPS) is 11.0. The molecule has 0 aliphatic carbocycles. The van der Waals surface area contributed by atoms with Crippen LogP contribution in [0, 0.1) is 0 Å². The van der Waals surface area contributed by atoms with Crippen molar-refractivity contribution in [1.82, 2.24) is 10.6 Å². The fourth-order valence-electron chi connectivity index (χ4n) is 2.72. The first-order chi connectivity index (χ1) is 14.0. The number of para-hydroxylation sites is 1. The number of phenolic OH excluding ortho intramolecular Hbond substituents is 1. The highest BCUT2D eigenvalue weighted by Crippen LogP contribution is 2.33. The number of rotatable bonds is 10. The maximum absolute atomic E-state index is 12.8. The van der Waals surface area contributed by atoms with Crippen molar-refractivity contribution < 1.29 is 23.4 Å². The molecule has 0 unspecified atom stereocenters. The zero-order chi connectivity index (χ0) is 21.1. The van der Waals surface area contributed by atoms with E-state index in [1.165, 1.54) is 0 Å². The zero-order valence-electron chi connectivity index (χ0n) is 17.0. The highest BCUT2D eigenvalue weighted by Gasteiger charge is 2.15. The quantitative estimate of drug-likeness (QED) is 0.240. The Labute approximate surface area is 192 Å². The average molecular weight is 535 g/mol. The van der Waals surface area contributed by atoms with Gasteiger partial charge in [-0.1, -0.05) is 24.3 Å². The van der Waals surface area contributed by atoms with E-state index in [1.807, 2.05) is 13.0 Å². The Morgan fingerprint density at radius 1 is 1.13 bits per heavy atom. The van der Waals surface area contributed by atoms with Gasteiger partial charge in [-0.2, -0.15) is 8.78 Å². The van der Waals surface area contributed by atoms with Gasteiger partial charge in [0.15, 0.2) is 17.5 Å². The van der Waals surface area contributed by atoms with Crippen LogP contribution >= 0.6 is 24.0 Å². The number of hydrogen-bond acceptors (Lipinski definition) is 4. The van der Waals surface area contributed by atoms with Crippen molar-refractivity contribution in [3.05, 3.63) is 53.6 Å². The van der Waals surface area contributed by atoms with Crippen LogP contribution < -0.4 is 20.1 Å². The molecule has 0 atom stereocenters. The molecular formula is C21H28F2IN3O3. The van der Waals surface area contributed by atoms with E-state index < -0.39 is 6.61 Å². The van der Waals surface area contributed by atoms with Crippen LogP contribution in [0.2, 0.25) is 0 Å². The van der Waals surface area contributed by atoms with Gasteiger partial charge in [-0.05, 0) is 44.0 Å². The first kappa shape index (κ1) is 25.7. The third-order valence-corrected chi connectivity index (χ3v) is 3.94. The molecule has 0 amide bonds. The van der Waals surface area contributed by atoms with E-state index in [0.717, 1.165) is 5.56 Å². The number of phenols is 1. The monoisotopic (exact) mass is 535 g/mol. The molecule has 0 aliphatic rings. The number of aromatic hydroxyl groups is 1. The van der Waals surface area contributed by atoms with Crippen molar-refractivity contribution in [1.29, 1.82) is 0 Å². The summed E-state index contributed by atoms with van der Waals surface area (Å²) < 4.78 is 35.8. The van der Waals surface area contributed by atoms with Gasteiger partial charge in [0.05, 0.1) is 13.2 Å². The lowest BCUT2D eigenvalue weighted by atomic mass is 10.1. The molecule has 0 bridgehead atoms. The Kier molecular flexibility index (Phi) is 11.9. The minimum absolute atomic E-state index is 0. The number of benzene rings is 2. The Hall–Kier alpha value is -2.30. The molecule has 0 saturated heterocycles. The summed E-state index contributed by atoms with van der Waals surface area (Å²) in [5, 5.41) is 15.8. The topological polar surface area (TPSA) is 75.1 Å². The maximum Gasteiger partial charge on any atom is 0.387 e. The van der Waals surface area contributed by atoms with Gasteiger partial charge in [-0.15, -0.1) is 24.0 Å². The molecule has 0 fully saturated rings. The summed E-state index contributed by atoms with van der Waals surface area (Å²) >= 11 is 0. The number of alkyl halides is 2. The molecule has 0 aromatic heterocycles. The highest BCUT2D eigenvalue weighted by atomic mass is 127. The predicted octanol–water partition coefficient (Wildman–Crippen LogP) is 4.31. The summed E-state index contributed by atoms with van der Waals surface area (Å²) in [7, 11) is 0. The van der Waals surface area contributed by atoms with E-state index in [2.05, 4.69) is 20.4 Å². The average Bonchev–Trinajstić information content (AvgIpc) is 2.68. The first-order valence-corrected chi connectivity index (χ1v) is 9.53. The summed E-state index contributed by atoms with van der Waals surface area (Å²) in [5.41, 5.74) is 1.49. The third kappa shape index (κ3) is 8.60. The zero-order valence-corrected chi connectivity index (χ0v) is 19.4. The molecule has 6 nitrogen and oxygen atoms in total. The van der Waals surface area contributed by atoms with Crippen molar-refractivity contribution in [2.45, 2.75) is 33.4 Å². The summed E-state index contributed by atoms with van der Waals surface area (Å²) in [4.78, 5) is 4.47. The summed E-state index contributed by atoms with van der Waals surface area (Å²) in [6, 6.07) is 12.0. The molecule has 3 N–H and O–H groups in total. The smallest absolute Gasteiger partial charge is 0.387 e. The van der Waals surface area contributed by atoms with Crippen LogP contribution in [0.4, 0.5) is 8.78 Å². The number of guanidine groups is 1. The molecule has 0 spiro atoms. The van der Waals surface area contributed by atoms with Crippen molar-refractivity contribution >= 4 is 29.9 Å². The first-order valence-electron chi connectivity index (χ1n) is 9.53. The molecule has 0 aliphatic heterocycles. The standard InChI is InChI=1S/C21H27F2N3O3.HI/c1-3-24-21(25-12-11-15-7-5-9-17(27)13-15)26-14-16-8-6-10-18(28-4-2)19(16)29-20(22)23;/h5-10,13,20,27H,3-4,11-12,14H2,1-2H3,(H2,24,25,26);1H. The van der Waals surface area contributed by atoms with E-state index >= 15 is 0 Å². The van der Waals surface area contributed by atoms with Crippen LogP contribution in [-0.2, 0) is 13.0 Å². The number of hydrogen-bond donors (Lipinski definition) is 3. The third-order valence-electron chi connectivity index (χ3n) is 3.94. The van der Waals surface area contributed by atoms with Crippen molar-refractivity contribution in [2.75, 3.05) is 19.7 Å². The fraction of sp³-hybridized carbons (Fsp3) is 0.381. The fourth-order valence-corrected chi connectivity index (χ4v) is 2.72. The van der Waals surface area contributed by atoms with Crippen molar-refractivity contribution in [3.8, 4) is 17.2 Å². The molecule has 0 heterocycles. The largest absolute Gasteiger partial charge is 0.508 e. The van der Waals surface area contributed by atoms with Crippen LogP contribution in [0.15, 0.2) is 47.5 Å². The lowest BCUT2D eigenvalue weighted by Crippen LogP contribution is -2.38. The highest BCUT2D eigenvalue weighted by molar-refractivity contribution is 14.0. The molecule has 9 heteroatoms. The Morgan fingerprint density at radius 3 is 2.57 bits per heavy atom. The van der Waals surface area contributed by atoms with Gasteiger partial charge in [0, 0.05) is 18.7 Å². The molecule has 2 aromatic carbocycles. The van der Waals surface area contributed by atoms with E-state index in [4.69, 9.17) is 4.74 Å². The van der Waals surface area contributed by atoms with Gasteiger partial charge in [0.25, 0.3) is 0 Å². The molecular weight excluding hydrogens is 507 g/mol. The van der Waals surface area contributed by atoms with E-state index in [0.29, 0.717) is 37.6 Å². The van der Waals surface area contributed by atoms with Gasteiger partial charge in [-0.3, -0.25) is 0 Å². The second-order valence-electron chi connectivity index (χ2n) is 6.10. The molecule has 30 heavy (non-hydrogen) atoms. The van der Waals surface area contributed by atoms with Gasteiger partial charge >= 0.3 is 6.61 Å². The lowest BCUT2D eigenvalue weighted by Gasteiger charge is -2.15. The predicted molar refractivity (Wildman–Crippen MR) is 124 cm³/mol. The van der Waals surface area contributed by atoms with Crippen molar-refractivity contribution in [2.24, 2.45) is 4.99 Å². The van der Waals surface area contributed by atoms with Crippen LogP contribution in [0.3, 0.4) is 0 Å². The second-order valence-corrected chi connectivity index (χ2v) is 6.10. The van der Waals surface area contributed by atoms with E-state index in [9.17, 15) is 13.9 Å². The van der Waals surface area contributed by atoms with Crippen LogP contribution in [0.25, 0.3) is 0 Å². The Bertz CT molecular complexity index is 807. The maximum atomic E-state index is 12.8. The molecule has 166 valence electrons. The number of aliphatic imine (C=N–C) groups is 1. The Balaban J connectivity index is 0.00000450. The van der Waals surface area contributed by atoms with Crippen molar-refractivity contribution in [3.63, 3.8) is 0 Å². The second kappa shape index (κ2) is 13.8. The molecule has 0 saturated carbocycles. The number of nitrogens with one attached hydrogen (secondary N) is 2. The van der Waals surface area contributed by atoms with Crippen LogP contribution in [-0.4, -0.2) is 37.4 Å². The molecule has 2 rings (SSSR count). The van der Waals surface area contributed by atoms with Gasteiger partial charge in [0.1, 0.15) is 5.75 Å². The van der Waals surface area contributed by atoms with Gasteiger partial charge in [0.2, 0.25) is 0 Å².